The molecule has 0 amide bonds. The van der Waals surface area contributed by atoms with Crippen molar-refractivity contribution < 1.29 is 17.7 Å². The smallest absolute Gasteiger partial charge is 0.293 e. The topological polar surface area (TPSA) is 126 Å². The standard InChI is InChI=1S/C19H24FN5O4S/c1-21-19(23-10-9-14-3-5-15(20)6-4-14)24-12-11-22-17-8-7-16(30(2,28)29)13-18(17)25(26)27/h3-8,13,22H,9-12H2,1-2H3,(H2,21,23,24). The maximum atomic E-state index is 12.9. The van der Waals surface area contributed by atoms with Gasteiger partial charge >= 0.3 is 0 Å². The van der Waals surface area contributed by atoms with Gasteiger partial charge in [-0.05, 0) is 36.2 Å². The molecule has 0 bridgehead atoms. The lowest BCUT2D eigenvalue weighted by Crippen LogP contribution is -2.40. The van der Waals surface area contributed by atoms with Gasteiger partial charge in [0.15, 0.2) is 15.8 Å². The van der Waals surface area contributed by atoms with Gasteiger partial charge in [0.2, 0.25) is 0 Å². The van der Waals surface area contributed by atoms with Crippen molar-refractivity contribution in [2.45, 2.75) is 11.3 Å². The summed E-state index contributed by atoms with van der Waals surface area (Å²) in [7, 11) is -1.91. The van der Waals surface area contributed by atoms with Crippen molar-refractivity contribution in [3.8, 4) is 0 Å². The fourth-order valence-electron chi connectivity index (χ4n) is 2.62. The van der Waals surface area contributed by atoms with Crippen LogP contribution in [-0.2, 0) is 16.3 Å². The molecule has 11 heteroatoms. The number of guanidine groups is 1. The first-order valence-corrected chi connectivity index (χ1v) is 11.0. The lowest BCUT2D eigenvalue weighted by molar-refractivity contribution is -0.384. The van der Waals surface area contributed by atoms with Crippen LogP contribution >= 0.6 is 0 Å². The van der Waals surface area contributed by atoms with Crippen LogP contribution in [0, 0.1) is 15.9 Å². The first kappa shape index (κ1) is 23.1. The van der Waals surface area contributed by atoms with Gasteiger partial charge in [-0.25, -0.2) is 12.8 Å². The average Bonchev–Trinajstić information content (AvgIpc) is 2.70. The highest BCUT2D eigenvalue weighted by Crippen LogP contribution is 2.27. The summed E-state index contributed by atoms with van der Waals surface area (Å²) in [6.45, 7) is 1.36. The number of nitro benzene ring substituents is 1. The van der Waals surface area contributed by atoms with Crippen LogP contribution in [0.3, 0.4) is 0 Å². The average molecular weight is 437 g/mol. The second-order valence-corrected chi connectivity index (χ2v) is 8.45. The molecule has 0 aliphatic rings. The fraction of sp³-hybridized carbons (Fsp3) is 0.316. The van der Waals surface area contributed by atoms with Gasteiger partial charge in [-0.15, -0.1) is 0 Å². The Hall–Kier alpha value is -3.21. The van der Waals surface area contributed by atoms with Crippen LogP contribution in [0.5, 0.6) is 0 Å². The number of sulfone groups is 1. The third-order valence-corrected chi connectivity index (χ3v) is 5.28. The molecule has 30 heavy (non-hydrogen) atoms. The largest absolute Gasteiger partial charge is 0.378 e. The van der Waals surface area contributed by atoms with Gasteiger partial charge < -0.3 is 16.0 Å². The molecular formula is C19H24FN5O4S. The highest BCUT2D eigenvalue weighted by atomic mass is 32.2. The molecule has 0 atom stereocenters. The molecule has 0 heterocycles. The normalized spacial score (nSPS) is 11.8. The molecule has 0 unspecified atom stereocenters. The summed E-state index contributed by atoms with van der Waals surface area (Å²) in [5.41, 5.74) is 0.916. The minimum atomic E-state index is -3.53. The van der Waals surface area contributed by atoms with E-state index in [0.717, 1.165) is 17.9 Å². The summed E-state index contributed by atoms with van der Waals surface area (Å²) in [6.07, 6.45) is 1.69. The van der Waals surface area contributed by atoms with Gasteiger partial charge in [0.05, 0.1) is 9.82 Å². The summed E-state index contributed by atoms with van der Waals surface area (Å²) in [6, 6.07) is 10.0. The van der Waals surface area contributed by atoms with E-state index in [2.05, 4.69) is 20.9 Å². The van der Waals surface area contributed by atoms with Gasteiger partial charge in [0.1, 0.15) is 11.5 Å². The molecule has 0 saturated carbocycles. The Labute approximate surface area is 174 Å². The van der Waals surface area contributed by atoms with E-state index in [4.69, 9.17) is 0 Å². The SMILES string of the molecule is CN=C(NCCNc1ccc(S(C)(=O)=O)cc1[N+](=O)[O-])NCCc1ccc(F)cc1. The number of hydrogen-bond donors (Lipinski definition) is 3. The van der Waals surface area contributed by atoms with Crippen molar-refractivity contribution >= 4 is 27.2 Å². The molecule has 0 fully saturated rings. The molecule has 2 aromatic carbocycles. The molecule has 9 nitrogen and oxygen atoms in total. The highest BCUT2D eigenvalue weighted by molar-refractivity contribution is 7.90. The maximum Gasteiger partial charge on any atom is 0.293 e. The van der Waals surface area contributed by atoms with Gasteiger partial charge in [0, 0.05) is 39.0 Å². The number of anilines is 1. The Morgan fingerprint density at radius 1 is 1.10 bits per heavy atom. The highest BCUT2D eigenvalue weighted by Gasteiger charge is 2.18. The van der Waals surface area contributed by atoms with Gasteiger partial charge in [0.25, 0.3) is 5.69 Å². The van der Waals surface area contributed by atoms with E-state index >= 15 is 0 Å². The number of nitrogens with one attached hydrogen (secondary N) is 3. The summed E-state index contributed by atoms with van der Waals surface area (Å²) in [4.78, 5) is 14.6. The predicted octanol–water partition coefficient (Wildman–Crippen LogP) is 1.96. The molecular weight excluding hydrogens is 413 g/mol. The molecule has 0 spiro atoms. The quantitative estimate of drug-likeness (QED) is 0.180. The molecule has 2 rings (SSSR count). The second kappa shape index (κ2) is 10.5. The number of benzene rings is 2. The minimum Gasteiger partial charge on any atom is -0.378 e. The van der Waals surface area contributed by atoms with Crippen LogP contribution in [0.1, 0.15) is 5.56 Å². The number of halogens is 1. The molecule has 0 radical (unpaired) electrons. The predicted molar refractivity (Wildman–Crippen MR) is 114 cm³/mol. The van der Waals surface area contributed by atoms with Crippen LogP contribution in [-0.4, -0.2) is 52.2 Å². The number of rotatable bonds is 9. The van der Waals surface area contributed by atoms with Crippen molar-refractivity contribution in [1.29, 1.82) is 0 Å². The summed E-state index contributed by atoms with van der Waals surface area (Å²) >= 11 is 0. The Bertz CT molecular complexity index is 1010. The van der Waals surface area contributed by atoms with Gasteiger partial charge in [-0.1, -0.05) is 12.1 Å². The minimum absolute atomic E-state index is 0.108. The van der Waals surface area contributed by atoms with Crippen molar-refractivity contribution in [3.63, 3.8) is 0 Å². The van der Waals surface area contributed by atoms with Crippen molar-refractivity contribution in [3.05, 3.63) is 64.0 Å². The van der Waals surface area contributed by atoms with E-state index in [0.29, 0.717) is 32.0 Å². The van der Waals surface area contributed by atoms with E-state index in [1.54, 1.807) is 19.2 Å². The van der Waals surface area contributed by atoms with Crippen molar-refractivity contribution in [1.82, 2.24) is 10.6 Å². The van der Waals surface area contributed by atoms with E-state index in [-0.39, 0.29) is 22.1 Å². The second-order valence-electron chi connectivity index (χ2n) is 6.44. The summed E-state index contributed by atoms with van der Waals surface area (Å²) in [5.74, 6) is 0.281. The monoisotopic (exact) mass is 437 g/mol. The van der Waals surface area contributed by atoms with Crippen molar-refractivity contribution in [2.75, 3.05) is 38.3 Å². The van der Waals surface area contributed by atoms with Crippen LogP contribution in [0.15, 0.2) is 52.4 Å². The summed E-state index contributed by atoms with van der Waals surface area (Å²) < 4.78 is 36.1. The molecule has 0 aromatic heterocycles. The molecule has 0 saturated heterocycles. The lowest BCUT2D eigenvalue weighted by Gasteiger charge is -2.13. The Morgan fingerprint density at radius 2 is 1.77 bits per heavy atom. The van der Waals surface area contributed by atoms with E-state index in [1.807, 2.05) is 0 Å². The number of nitrogens with zero attached hydrogens (tertiary/aromatic N) is 2. The van der Waals surface area contributed by atoms with Gasteiger partial charge in [-0.3, -0.25) is 15.1 Å². The van der Waals surface area contributed by atoms with Crippen LogP contribution in [0.4, 0.5) is 15.8 Å². The number of hydrogen-bond acceptors (Lipinski definition) is 6. The number of nitro groups is 1. The molecule has 162 valence electrons. The van der Waals surface area contributed by atoms with Gasteiger partial charge in [-0.2, -0.15) is 0 Å². The maximum absolute atomic E-state index is 12.9. The fourth-order valence-corrected chi connectivity index (χ4v) is 3.26. The van der Waals surface area contributed by atoms with E-state index < -0.39 is 14.8 Å². The molecule has 0 aliphatic carbocycles. The van der Waals surface area contributed by atoms with E-state index in [9.17, 15) is 22.9 Å². The van der Waals surface area contributed by atoms with Crippen molar-refractivity contribution in [2.24, 2.45) is 4.99 Å². The first-order chi connectivity index (χ1) is 14.2. The lowest BCUT2D eigenvalue weighted by atomic mass is 10.1. The Balaban J connectivity index is 1.82. The zero-order chi connectivity index (χ0) is 22.1. The Morgan fingerprint density at radius 3 is 2.37 bits per heavy atom. The molecule has 3 N–H and O–H groups in total. The van der Waals surface area contributed by atoms with E-state index in [1.165, 1.54) is 24.3 Å². The van der Waals surface area contributed by atoms with Crippen LogP contribution < -0.4 is 16.0 Å². The first-order valence-electron chi connectivity index (χ1n) is 9.12. The zero-order valence-corrected chi connectivity index (χ0v) is 17.5. The molecule has 2 aromatic rings. The zero-order valence-electron chi connectivity index (χ0n) is 16.7. The van der Waals surface area contributed by atoms with Crippen LogP contribution in [0.25, 0.3) is 0 Å². The molecule has 0 aliphatic heterocycles. The van der Waals surface area contributed by atoms with Crippen LogP contribution in [0.2, 0.25) is 0 Å². The third kappa shape index (κ3) is 6.99. The number of aliphatic imine (C=N–C) groups is 1. The third-order valence-electron chi connectivity index (χ3n) is 4.17. The Kier molecular flexibility index (Phi) is 8.10. The summed E-state index contributed by atoms with van der Waals surface area (Å²) in [5, 5.41) is 20.4.